The molecule has 0 fully saturated rings. The molecule has 0 unspecified atom stereocenters. The Balaban J connectivity index is 4.78. The SMILES string of the molecule is C=CNC(/N=C\C)=C(\N)C(=C)N. The number of hydrogen-bond acceptors (Lipinski definition) is 4. The van der Waals surface area contributed by atoms with E-state index in [0.29, 0.717) is 11.5 Å². The second kappa shape index (κ2) is 5.01. The molecule has 0 aromatic heterocycles. The predicted octanol–water partition coefficient (Wildman–Crippen LogP) is 0.410. The van der Waals surface area contributed by atoms with Crippen LogP contribution in [0.4, 0.5) is 0 Å². The second-order valence-electron chi connectivity index (χ2n) is 2.02. The van der Waals surface area contributed by atoms with Crippen LogP contribution in [-0.4, -0.2) is 6.21 Å². The van der Waals surface area contributed by atoms with Crippen LogP contribution in [0, 0.1) is 0 Å². The zero-order valence-electron chi connectivity index (χ0n) is 7.17. The Hall–Kier alpha value is -1.71. The summed E-state index contributed by atoms with van der Waals surface area (Å²) in [6.07, 6.45) is 3.07. The van der Waals surface area contributed by atoms with E-state index in [1.807, 2.05) is 0 Å². The van der Waals surface area contributed by atoms with Crippen molar-refractivity contribution < 1.29 is 0 Å². The number of nitrogens with zero attached hydrogens (tertiary/aromatic N) is 1. The molecule has 0 spiro atoms. The minimum atomic E-state index is 0.282. The van der Waals surface area contributed by atoms with Crippen LogP contribution in [0.5, 0.6) is 0 Å². The molecule has 0 bridgehead atoms. The Morgan fingerprint density at radius 2 is 2.08 bits per heavy atom. The molecule has 0 aliphatic heterocycles. The molecular weight excluding hydrogens is 152 g/mol. The van der Waals surface area contributed by atoms with E-state index in [-0.39, 0.29) is 5.70 Å². The molecule has 66 valence electrons. The quantitative estimate of drug-likeness (QED) is 0.418. The van der Waals surface area contributed by atoms with Gasteiger partial charge in [0.1, 0.15) is 0 Å². The van der Waals surface area contributed by atoms with Crippen LogP contribution in [-0.2, 0) is 0 Å². The van der Waals surface area contributed by atoms with Crippen molar-refractivity contribution in [1.82, 2.24) is 5.32 Å². The van der Waals surface area contributed by atoms with E-state index in [2.05, 4.69) is 23.5 Å². The molecule has 0 heterocycles. The first-order chi connectivity index (χ1) is 5.63. The van der Waals surface area contributed by atoms with Crippen molar-refractivity contribution in [2.45, 2.75) is 6.92 Å². The monoisotopic (exact) mass is 166 g/mol. The summed E-state index contributed by atoms with van der Waals surface area (Å²) in [6.45, 7) is 8.74. The van der Waals surface area contributed by atoms with E-state index in [0.717, 1.165) is 0 Å². The Bertz CT molecular complexity index is 237. The summed E-state index contributed by atoms with van der Waals surface area (Å²) in [4.78, 5) is 3.94. The molecule has 4 heteroatoms. The standard InChI is InChI=1S/C8H14N4/c1-4-11-8(12-5-2)7(10)6(3)9/h4-5,11H,1,3,9-10H2,2H3/b8-7+,12-5-. The lowest BCUT2D eigenvalue weighted by molar-refractivity contribution is 0.982. The van der Waals surface area contributed by atoms with Crippen LogP contribution in [0.1, 0.15) is 6.92 Å². The van der Waals surface area contributed by atoms with Crippen LogP contribution in [0.3, 0.4) is 0 Å². The molecule has 0 aliphatic carbocycles. The predicted molar refractivity (Wildman–Crippen MR) is 52.0 cm³/mol. The van der Waals surface area contributed by atoms with E-state index in [4.69, 9.17) is 11.5 Å². The fourth-order valence-electron chi connectivity index (χ4n) is 0.562. The Kier molecular flexibility index (Phi) is 4.30. The highest BCUT2D eigenvalue weighted by molar-refractivity contribution is 5.55. The van der Waals surface area contributed by atoms with Crippen molar-refractivity contribution >= 4 is 6.21 Å². The van der Waals surface area contributed by atoms with Gasteiger partial charge in [0.15, 0.2) is 5.82 Å². The lowest BCUT2D eigenvalue weighted by Crippen LogP contribution is -2.16. The first-order valence-electron chi connectivity index (χ1n) is 3.44. The van der Waals surface area contributed by atoms with Gasteiger partial charge in [0.2, 0.25) is 0 Å². The van der Waals surface area contributed by atoms with E-state index < -0.39 is 0 Å². The molecule has 5 N–H and O–H groups in total. The summed E-state index contributed by atoms with van der Waals surface area (Å²) in [7, 11) is 0. The average molecular weight is 166 g/mol. The van der Waals surface area contributed by atoms with Crippen LogP contribution < -0.4 is 16.8 Å². The number of nitrogens with one attached hydrogen (secondary N) is 1. The van der Waals surface area contributed by atoms with E-state index in [1.165, 1.54) is 6.20 Å². The summed E-state index contributed by atoms with van der Waals surface area (Å²) < 4.78 is 0. The first-order valence-corrected chi connectivity index (χ1v) is 3.44. The van der Waals surface area contributed by atoms with Gasteiger partial charge in [-0.25, -0.2) is 4.99 Å². The highest BCUT2D eigenvalue weighted by Crippen LogP contribution is 2.00. The molecule has 0 aromatic carbocycles. The van der Waals surface area contributed by atoms with Crippen LogP contribution in [0.2, 0.25) is 0 Å². The largest absolute Gasteiger partial charge is 0.397 e. The Morgan fingerprint density at radius 1 is 1.50 bits per heavy atom. The van der Waals surface area contributed by atoms with Gasteiger partial charge in [-0.1, -0.05) is 13.2 Å². The number of hydrogen-bond donors (Lipinski definition) is 3. The van der Waals surface area contributed by atoms with Crippen molar-refractivity contribution in [3.8, 4) is 0 Å². The van der Waals surface area contributed by atoms with Gasteiger partial charge in [-0.3, -0.25) is 0 Å². The number of nitrogens with two attached hydrogens (primary N) is 2. The molecule has 0 amide bonds. The molecule has 0 rings (SSSR count). The smallest absolute Gasteiger partial charge is 0.154 e. The van der Waals surface area contributed by atoms with Crippen LogP contribution in [0.25, 0.3) is 0 Å². The number of aliphatic imine (C=N–C) groups is 1. The molecule has 0 atom stereocenters. The highest BCUT2D eigenvalue weighted by Gasteiger charge is 1.99. The molecule has 0 saturated carbocycles. The van der Waals surface area contributed by atoms with Gasteiger partial charge in [-0.15, -0.1) is 0 Å². The lowest BCUT2D eigenvalue weighted by atomic mass is 10.3. The molecule has 12 heavy (non-hydrogen) atoms. The highest BCUT2D eigenvalue weighted by atomic mass is 15.0. The summed E-state index contributed by atoms with van der Waals surface area (Å²) in [6, 6.07) is 0. The fraction of sp³-hybridized carbons (Fsp3) is 0.125. The van der Waals surface area contributed by atoms with Gasteiger partial charge >= 0.3 is 0 Å². The maximum Gasteiger partial charge on any atom is 0.154 e. The third kappa shape index (κ3) is 2.92. The van der Waals surface area contributed by atoms with Gasteiger partial charge in [0.25, 0.3) is 0 Å². The van der Waals surface area contributed by atoms with Gasteiger partial charge in [0, 0.05) is 6.21 Å². The Labute approximate surface area is 72.4 Å². The summed E-state index contributed by atoms with van der Waals surface area (Å²) in [5, 5.41) is 2.74. The second-order valence-corrected chi connectivity index (χ2v) is 2.02. The van der Waals surface area contributed by atoms with Gasteiger partial charge in [0.05, 0.1) is 11.4 Å². The molecule has 0 aromatic rings. The lowest BCUT2D eigenvalue weighted by Gasteiger charge is -2.05. The van der Waals surface area contributed by atoms with E-state index in [1.54, 1.807) is 13.1 Å². The number of rotatable bonds is 4. The molecule has 0 aliphatic rings. The first kappa shape index (κ1) is 10.3. The zero-order valence-corrected chi connectivity index (χ0v) is 7.17. The van der Waals surface area contributed by atoms with Crippen LogP contribution in [0.15, 0.2) is 41.6 Å². The minimum Gasteiger partial charge on any atom is -0.397 e. The van der Waals surface area contributed by atoms with Crippen molar-refractivity contribution in [3.05, 3.63) is 36.6 Å². The normalized spacial score (nSPS) is 12.4. The zero-order chi connectivity index (χ0) is 9.56. The van der Waals surface area contributed by atoms with Crippen molar-refractivity contribution in [1.29, 1.82) is 0 Å². The van der Waals surface area contributed by atoms with Gasteiger partial charge in [-0.05, 0) is 13.1 Å². The molecule has 0 saturated heterocycles. The minimum absolute atomic E-state index is 0.282. The van der Waals surface area contributed by atoms with Gasteiger partial charge < -0.3 is 16.8 Å². The fourth-order valence-corrected chi connectivity index (χ4v) is 0.562. The average Bonchev–Trinajstić information content (AvgIpc) is 2.03. The third-order valence-corrected chi connectivity index (χ3v) is 1.10. The van der Waals surface area contributed by atoms with E-state index in [9.17, 15) is 0 Å². The van der Waals surface area contributed by atoms with E-state index >= 15 is 0 Å². The van der Waals surface area contributed by atoms with Crippen molar-refractivity contribution in [3.63, 3.8) is 0 Å². The Morgan fingerprint density at radius 3 is 2.42 bits per heavy atom. The summed E-state index contributed by atoms with van der Waals surface area (Å²) in [5.74, 6) is 0.458. The summed E-state index contributed by atoms with van der Waals surface area (Å²) >= 11 is 0. The van der Waals surface area contributed by atoms with Gasteiger partial charge in [-0.2, -0.15) is 0 Å². The molecule has 4 nitrogen and oxygen atoms in total. The molecule has 0 radical (unpaired) electrons. The maximum absolute atomic E-state index is 5.56. The topological polar surface area (TPSA) is 76.4 Å². The molecular formula is C8H14N4. The van der Waals surface area contributed by atoms with Crippen molar-refractivity contribution in [2.75, 3.05) is 0 Å². The van der Waals surface area contributed by atoms with Crippen LogP contribution >= 0.6 is 0 Å². The van der Waals surface area contributed by atoms with Crippen molar-refractivity contribution in [2.24, 2.45) is 16.5 Å². The maximum atomic E-state index is 5.56. The summed E-state index contributed by atoms with van der Waals surface area (Å²) in [5.41, 5.74) is 11.5. The third-order valence-electron chi connectivity index (χ3n) is 1.10.